The lowest BCUT2D eigenvalue weighted by atomic mass is 9.90. The Morgan fingerprint density at radius 1 is 0.784 bits per heavy atom. The van der Waals surface area contributed by atoms with E-state index >= 15 is 8.78 Å². The van der Waals surface area contributed by atoms with E-state index in [0.717, 1.165) is 0 Å². The van der Waals surface area contributed by atoms with Crippen LogP contribution in [0.15, 0.2) is 52.7 Å². The molecule has 174 valence electrons. The highest BCUT2D eigenvalue weighted by Crippen LogP contribution is 2.58. The zero-order valence-electron chi connectivity index (χ0n) is 19.4. The lowest BCUT2D eigenvalue weighted by Gasteiger charge is -2.16. The number of nitriles is 4. The SMILES string of the molecule is C=NC/C(NC)=C1/c2cc(C#N)ccc2-c2c(F)c(F)c3c(c21)-c1ccc(C#N)cc1C3=C(C#N)C#N. The van der Waals surface area contributed by atoms with Crippen molar-refractivity contribution in [3.63, 3.8) is 0 Å². The summed E-state index contributed by atoms with van der Waals surface area (Å²) in [6.45, 7) is 3.69. The Morgan fingerprint density at radius 2 is 1.32 bits per heavy atom. The van der Waals surface area contributed by atoms with Crippen LogP contribution in [0.3, 0.4) is 0 Å². The summed E-state index contributed by atoms with van der Waals surface area (Å²) in [6.07, 6.45) is 0. The van der Waals surface area contributed by atoms with Gasteiger partial charge < -0.3 is 5.32 Å². The number of nitrogens with zero attached hydrogens (tertiary/aromatic N) is 5. The number of fused-ring (bicyclic) bond motifs is 7. The van der Waals surface area contributed by atoms with Crippen LogP contribution in [0, 0.1) is 57.0 Å². The molecule has 3 aromatic rings. The summed E-state index contributed by atoms with van der Waals surface area (Å²) in [5.74, 6) is -2.34. The summed E-state index contributed by atoms with van der Waals surface area (Å²) in [7, 11) is 1.67. The average Bonchev–Trinajstić information content (AvgIpc) is 3.43. The van der Waals surface area contributed by atoms with Gasteiger partial charge in [0.05, 0.1) is 29.8 Å². The summed E-state index contributed by atoms with van der Waals surface area (Å²) >= 11 is 0. The van der Waals surface area contributed by atoms with E-state index in [9.17, 15) is 21.0 Å². The molecule has 3 aromatic carbocycles. The molecule has 0 unspecified atom stereocenters. The third-order valence-electron chi connectivity index (χ3n) is 6.60. The number of allylic oxidation sites excluding steroid dienone is 1. The largest absolute Gasteiger partial charge is 0.389 e. The molecule has 5 rings (SSSR count). The maximum Gasteiger partial charge on any atom is 0.168 e. The fourth-order valence-electron chi connectivity index (χ4n) is 5.15. The summed E-state index contributed by atoms with van der Waals surface area (Å²) in [5, 5.41) is 41.4. The van der Waals surface area contributed by atoms with Crippen LogP contribution >= 0.6 is 0 Å². The Morgan fingerprint density at radius 3 is 1.84 bits per heavy atom. The highest BCUT2D eigenvalue weighted by Gasteiger charge is 2.41. The summed E-state index contributed by atoms with van der Waals surface area (Å²) in [5.41, 5.74) is 3.28. The van der Waals surface area contributed by atoms with E-state index in [1.54, 1.807) is 43.5 Å². The van der Waals surface area contributed by atoms with E-state index in [-0.39, 0.29) is 28.8 Å². The Kier molecular flexibility index (Phi) is 5.38. The minimum absolute atomic E-state index is 0.00887. The second-order valence-electron chi connectivity index (χ2n) is 8.33. The standard InChI is InChI=1S/C29H14F2N6/c1-36-13-21(37-2)23-20-8-15(10-33)4-6-18(20)25-26(23)24-17-5-3-14(9-32)7-19(17)22(16(11-34)12-35)27(24)29(31)28(25)30/h3-8,37H,1,13H2,2H3/b23-21+. The quantitative estimate of drug-likeness (QED) is 0.279. The molecule has 6 nitrogen and oxygen atoms in total. The predicted molar refractivity (Wildman–Crippen MR) is 133 cm³/mol. The summed E-state index contributed by atoms with van der Waals surface area (Å²) in [4.78, 5) is 3.98. The van der Waals surface area contributed by atoms with Crippen molar-refractivity contribution < 1.29 is 8.78 Å². The van der Waals surface area contributed by atoms with Gasteiger partial charge in [-0.05, 0) is 53.2 Å². The topological polar surface area (TPSA) is 120 Å². The van der Waals surface area contributed by atoms with Crippen LogP contribution in [-0.4, -0.2) is 20.3 Å². The third-order valence-corrected chi connectivity index (χ3v) is 6.60. The highest BCUT2D eigenvalue weighted by atomic mass is 19.2. The van der Waals surface area contributed by atoms with Crippen molar-refractivity contribution in [1.82, 2.24) is 5.32 Å². The zero-order valence-corrected chi connectivity index (χ0v) is 19.4. The van der Waals surface area contributed by atoms with E-state index < -0.39 is 17.2 Å². The number of aliphatic imine (C=N–C) groups is 1. The van der Waals surface area contributed by atoms with Gasteiger partial charge >= 0.3 is 0 Å². The van der Waals surface area contributed by atoms with E-state index in [1.165, 1.54) is 12.1 Å². The molecule has 0 bridgehead atoms. The van der Waals surface area contributed by atoms with Crippen molar-refractivity contribution >= 4 is 17.9 Å². The molecule has 8 heteroatoms. The van der Waals surface area contributed by atoms with Crippen molar-refractivity contribution in [3.05, 3.63) is 92.7 Å². The number of hydrogen-bond acceptors (Lipinski definition) is 6. The Labute approximate surface area is 211 Å². The molecule has 0 atom stereocenters. The molecule has 0 aliphatic heterocycles. The molecule has 0 saturated carbocycles. The van der Waals surface area contributed by atoms with Gasteiger partial charge in [-0.15, -0.1) is 0 Å². The first-order chi connectivity index (χ1) is 17.9. The smallest absolute Gasteiger partial charge is 0.168 e. The number of hydrogen-bond donors (Lipinski definition) is 1. The maximum atomic E-state index is 16.0. The fourth-order valence-corrected chi connectivity index (χ4v) is 5.15. The zero-order chi connectivity index (χ0) is 26.4. The van der Waals surface area contributed by atoms with Gasteiger partial charge in [0, 0.05) is 46.1 Å². The molecule has 0 aromatic heterocycles. The Bertz CT molecular complexity index is 1800. The second-order valence-corrected chi connectivity index (χ2v) is 8.33. The van der Waals surface area contributed by atoms with E-state index in [0.29, 0.717) is 50.2 Å². The van der Waals surface area contributed by atoms with Gasteiger partial charge in [0.15, 0.2) is 11.6 Å². The molecule has 37 heavy (non-hydrogen) atoms. The molecular weight excluding hydrogens is 470 g/mol. The first-order valence-corrected chi connectivity index (χ1v) is 11.0. The molecule has 2 aliphatic carbocycles. The molecule has 0 spiro atoms. The third kappa shape index (κ3) is 3.08. The Balaban J connectivity index is 2.06. The van der Waals surface area contributed by atoms with Gasteiger partial charge in [0.25, 0.3) is 0 Å². The minimum Gasteiger partial charge on any atom is -0.389 e. The molecule has 2 aliphatic rings. The summed E-state index contributed by atoms with van der Waals surface area (Å²) in [6, 6.07) is 17.0. The average molecular weight is 484 g/mol. The van der Waals surface area contributed by atoms with Crippen molar-refractivity contribution in [3.8, 4) is 46.5 Å². The summed E-state index contributed by atoms with van der Waals surface area (Å²) < 4.78 is 32.0. The van der Waals surface area contributed by atoms with Gasteiger partial charge in [-0.2, -0.15) is 21.0 Å². The number of halogens is 2. The van der Waals surface area contributed by atoms with Gasteiger partial charge in [-0.25, -0.2) is 8.78 Å². The monoisotopic (exact) mass is 484 g/mol. The van der Waals surface area contributed by atoms with Crippen molar-refractivity contribution in [1.29, 1.82) is 21.0 Å². The lowest BCUT2D eigenvalue weighted by molar-refractivity contribution is 0.510. The number of nitrogens with one attached hydrogen (secondary N) is 1. The lowest BCUT2D eigenvalue weighted by Crippen LogP contribution is -2.12. The normalized spacial score (nSPS) is 13.1. The molecule has 0 amide bonds. The number of likely N-dealkylation sites (N-methyl/N-ethyl adjacent to an activating group) is 1. The van der Waals surface area contributed by atoms with Gasteiger partial charge in [-0.3, -0.25) is 4.99 Å². The van der Waals surface area contributed by atoms with Gasteiger partial charge in [0.1, 0.15) is 17.7 Å². The molecule has 0 saturated heterocycles. The molecular formula is C29H14F2N6. The van der Waals surface area contributed by atoms with Crippen LogP contribution in [0.4, 0.5) is 8.78 Å². The first kappa shape index (κ1) is 23.2. The number of rotatable bonds is 3. The van der Waals surface area contributed by atoms with Crippen LogP contribution < -0.4 is 5.32 Å². The van der Waals surface area contributed by atoms with Crippen molar-refractivity contribution in [2.45, 2.75) is 0 Å². The second kappa shape index (κ2) is 8.58. The van der Waals surface area contributed by atoms with Crippen molar-refractivity contribution in [2.24, 2.45) is 4.99 Å². The fraction of sp³-hybridized carbons (Fsp3) is 0.0690. The number of benzene rings is 3. The Hall–Kier alpha value is -5.57. The predicted octanol–water partition coefficient (Wildman–Crippen LogP) is 5.20. The van der Waals surface area contributed by atoms with E-state index in [4.69, 9.17) is 0 Å². The van der Waals surface area contributed by atoms with Crippen LogP contribution in [0.5, 0.6) is 0 Å². The molecule has 0 radical (unpaired) electrons. The highest BCUT2D eigenvalue weighted by molar-refractivity contribution is 6.15. The van der Waals surface area contributed by atoms with Gasteiger partial charge in [0.2, 0.25) is 0 Å². The first-order valence-electron chi connectivity index (χ1n) is 11.0. The minimum atomic E-state index is -1.20. The maximum absolute atomic E-state index is 16.0. The van der Waals surface area contributed by atoms with Gasteiger partial charge in [-0.1, -0.05) is 12.1 Å². The molecule has 0 fully saturated rings. The van der Waals surface area contributed by atoms with Crippen molar-refractivity contribution in [2.75, 3.05) is 13.6 Å². The van der Waals surface area contributed by atoms with Crippen LogP contribution in [0.1, 0.15) is 33.4 Å². The van der Waals surface area contributed by atoms with Crippen LogP contribution in [0.25, 0.3) is 33.4 Å². The van der Waals surface area contributed by atoms with Crippen LogP contribution in [-0.2, 0) is 0 Å². The molecule has 0 heterocycles. The van der Waals surface area contributed by atoms with E-state index in [2.05, 4.69) is 23.1 Å². The molecule has 1 N–H and O–H groups in total. The van der Waals surface area contributed by atoms with Crippen LogP contribution in [0.2, 0.25) is 0 Å². The van der Waals surface area contributed by atoms with E-state index in [1.807, 2.05) is 6.07 Å².